The maximum atomic E-state index is 14.5. The summed E-state index contributed by atoms with van der Waals surface area (Å²) in [6.07, 6.45) is 3.39. The van der Waals surface area contributed by atoms with Gasteiger partial charge in [0.15, 0.2) is 0 Å². The van der Waals surface area contributed by atoms with Gasteiger partial charge in [0.05, 0.1) is 0 Å². The van der Waals surface area contributed by atoms with Crippen LogP contribution in [0, 0.1) is 29.6 Å². The van der Waals surface area contributed by atoms with Crippen LogP contribution in [0.1, 0.15) is 141 Å². The minimum Gasteiger partial charge on any atom is -0.396 e. The van der Waals surface area contributed by atoms with Crippen molar-refractivity contribution in [2.75, 3.05) is 60.4 Å². The second-order valence-corrected chi connectivity index (χ2v) is 22.6. The van der Waals surface area contributed by atoms with Crippen LogP contribution in [0.5, 0.6) is 0 Å². The van der Waals surface area contributed by atoms with Crippen LogP contribution in [0.25, 0.3) is 0 Å². The van der Waals surface area contributed by atoms with E-state index in [1.807, 2.05) is 62.3 Å². The first kappa shape index (κ1) is 67.5. The van der Waals surface area contributed by atoms with Gasteiger partial charge in [0.2, 0.25) is 53.2 Å². The SMILES string of the molecule is CCCC(=O)N(C)[C@H](CSCCCCO)C(=O)N(C)[C@@H](CC(C)C)C(=O)N[C@H](C(=O)N(C)[C@@H](CC(C)C)C(=O)N[C@H](C)C(=O)NC(C)C(=O)N(C)[C@@H](CC(C)C)C(=O)N(C)[C@@H](CC(C)C)C(=O)NC)C(C)C. The monoisotopic (exact) mass is 1040 g/mol. The number of amides is 9. The highest BCUT2D eigenvalue weighted by Crippen LogP contribution is 2.22. The summed E-state index contributed by atoms with van der Waals surface area (Å²) < 4.78 is 0. The van der Waals surface area contributed by atoms with Crippen LogP contribution in [-0.4, -0.2) is 192 Å². The first-order valence-electron chi connectivity index (χ1n) is 26.0. The molecule has 0 aliphatic carbocycles. The summed E-state index contributed by atoms with van der Waals surface area (Å²) in [5, 5.41) is 20.2. The summed E-state index contributed by atoms with van der Waals surface area (Å²) >= 11 is 1.50. The molecule has 72 heavy (non-hydrogen) atoms. The Morgan fingerprint density at radius 1 is 0.472 bits per heavy atom. The van der Waals surface area contributed by atoms with Crippen LogP contribution in [0.2, 0.25) is 0 Å². The summed E-state index contributed by atoms with van der Waals surface area (Å²) in [6, 6.07) is -8.02. The van der Waals surface area contributed by atoms with Gasteiger partial charge in [0.1, 0.15) is 48.3 Å². The zero-order valence-corrected chi connectivity index (χ0v) is 48.4. The summed E-state index contributed by atoms with van der Waals surface area (Å²) in [6.45, 7) is 23.8. The quantitative estimate of drug-likeness (QED) is 0.0597. The van der Waals surface area contributed by atoms with Crippen LogP contribution in [0.3, 0.4) is 0 Å². The maximum absolute atomic E-state index is 14.5. The topological polar surface area (TPSA) is 238 Å². The molecule has 5 N–H and O–H groups in total. The lowest BCUT2D eigenvalue weighted by molar-refractivity contribution is -0.149. The Hall–Kier alpha value is -4.46. The van der Waals surface area contributed by atoms with Gasteiger partial charge in [-0.15, -0.1) is 0 Å². The number of carbonyl (C=O) groups excluding carboxylic acids is 9. The molecule has 8 atom stereocenters. The third kappa shape index (κ3) is 21.9. The molecule has 1 unspecified atom stereocenters. The number of hydrogen-bond donors (Lipinski definition) is 5. The Balaban J connectivity index is 6.48. The molecule has 0 radical (unpaired) electrons. The number of carbonyl (C=O) groups is 9. The molecule has 0 aromatic rings. The van der Waals surface area contributed by atoms with Crippen molar-refractivity contribution in [3.63, 3.8) is 0 Å². The van der Waals surface area contributed by atoms with E-state index in [1.165, 1.54) is 78.3 Å². The summed E-state index contributed by atoms with van der Waals surface area (Å²) in [5.74, 6) is -3.82. The number of aliphatic hydroxyl groups is 1. The predicted octanol–water partition coefficient (Wildman–Crippen LogP) is 3.51. The Morgan fingerprint density at radius 2 is 0.875 bits per heavy atom. The Labute approximate surface area is 437 Å². The Morgan fingerprint density at radius 3 is 1.31 bits per heavy atom. The molecule has 9 amide bonds. The molecule has 19 nitrogen and oxygen atoms in total. The van der Waals surface area contributed by atoms with Crippen molar-refractivity contribution < 1.29 is 48.3 Å². The van der Waals surface area contributed by atoms with Crippen LogP contribution in [-0.2, 0) is 43.2 Å². The van der Waals surface area contributed by atoms with E-state index in [1.54, 1.807) is 27.9 Å². The number of thioether (sulfide) groups is 1. The second kappa shape index (κ2) is 33.4. The summed E-state index contributed by atoms with van der Waals surface area (Å²) in [4.78, 5) is 132. The van der Waals surface area contributed by atoms with Crippen molar-refractivity contribution in [2.24, 2.45) is 29.6 Å². The highest BCUT2D eigenvalue weighted by atomic mass is 32.2. The number of nitrogens with one attached hydrogen (secondary N) is 4. The minimum absolute atomic E-state index is 0.000675. The maximum Gasteiger partial charge on any atom is 0.246 e. The average Bonchev–Trinajstić information content (AvgIpc) is 3.30. The second-order valence-electron chi connectivity index (χ2n) is 21.5. The fourth-order valence-electron chi connectivity index (χ4n) is 8.27. The van der Waals surface area contributed by atoms with Gasteiger partial charge in [-0.25, -0.2) is 0 Å². The van der Waals surface area contributed by atoms with Crippen molar-refractivity contribution in [1.82, 2.24) is 45.8 Å². The largest absolute Gasteiger partial charge is 0.396 e. The number of unbranched alkanes of at least 4 members (excludes halogenated alkanes) is 1. The lowest BCUT2D eigenvalue weighted by Crippen LogP contribution is -2.61. The number of rotatable bonds is 33. The third-order valence-corrected chi connectivity index (χ3v) is 13.9. The highest BCUT2D eigenvalue weighted by Gasteiger charge is 2.40. The van der Waals surface area contributed by atoms with Gasteiger partial charge in [-0.3, -0.25) is 43.2 Å². The van der Waals surface area contributed by atoms with Crippen LogP contribution >= 0.6 is 11.8 Å². The lowest BCUT2D eigenvalue weighted by Gasteiger charge is -2.37. The molecular formula is C52H97N9O10S. The van der Waals surface area contributed by atoms with E-state index >= 15 is 0 Å². The molecule has 0 aliphatic heterocycles. The molecule has 0 aliphatic rings. The molecule has 0 saturated carbocycles. The number of hydrogen-bond acceptors (Lipinski definition) is 11. The van der Waals surface area contributed by atoms with Crippen molar-refractivity contribution in [1.29, 1.82) is 0 Å². The molecule has 0 saturated heterocycles. The van der Waals surface area contributed by atoms with Gasteiger partial charge in [0, 0.05) is 61.1 Å². The van der Waals surface area contributed by atoms with E-state index in [0.717, 1.165) is 6.42 Å². The first-order valence-corrected chi connectivity index (χ1v) is 27.2. The zero-order valence-electron chi connectivity index (χ0n) is 47.5. The molecule has 0 spiro atoms. The molecule has 20 heteroatoms. The van der Waals surface area contributed by atoms with Crippen LogP contribution < -0.4 is 21.3 Å². The van der Waals surface area contributed by atoms with Gasteiger partial charge >= 0.3 is 0 Å². The molecule has 0 bridgehead atoms. The third-order valence-electron chi connectivity index (χ3n) is 12.8. The van der Waals surface area contributed by atoms with Crippen LogP contribution in [0.4, 0.5) is 0 Å². The summed E-state index contributed by atoms with van der Waals surface area (Å²) in [5.41, 5.74) is 0. The smallest absolute Gasteiger partial charge is 0.246 e. The molecule has 0 aromatic carbocycles. The number of likely N-dealkylation sites (N-methyl/N-ethyl adjacent to an activating group) is 6. The van der Waals surface area contributed by atoms with Gasteiger partial charge < -0.3 is 50.9 Å². The molecular weight excluding hydrogens is 943 g/mol. The van der Waals surface area contributed by atoms with E-state index in [4.69, 9.17) is 0 Å². The van der Waals surface area contributed by atoms with E-state index in [9.17, 15) is 48.3 Å². The van der Waals surface area contributed by atoms with Gasteiger partial charge in [-0.05, 0) is 94.1 Å². The molecule has 0 rings (SSSR count). The van der Waals surface area contributed by atoms with Gasteiger partial charge in [0.25, 0.3) is 0 Å². The minimum atomic E-state index is -1.16. The van der Waals surface area contributed by atoms with Crippen LogP contribution in [0.15, 0.2) is 0 Å². The molecule has 0 aromatic heterocycles. The first-order chi connectivity index (χ1) is 33.4. The fourth-order valence-corrected chi connectivity index (χ4v) is 9.44. The standard InChI is InChI=1S/C52H97N9O10S/c1-20-23-43(63)57(15)42(30-72-25-22-21-24-62)51(70)59(17)40(28-33(6)7)48(67)56-44(35(10)11)52(71)60(18)39(27-32(4)5)47(66)54-36(12)45(64)55-37(13)49(68)61(19)41(29-34(8)9)50(69)58(16)38(26-31(2)3)46(65)53-14/h31-42,44,62H,20-30H2,1-19H3,(H,53,65)(H,54,66)(H,55,64)(H,56,67)/t36-,37?,38+,39+,40+,41+,42-,44+/m1/s1. The van der Waals surface area contributed by atoms with E-state index in [-0.39, 0.29) is 61.4 Å². The van der Waals surface area contributed by atoms with Gasteiger partial charge in [-0.2, -0.15) is 11.8 Å². The molecule has 416 valence electrons. The average molecular weight is 1040 g/mol. The van der Waals surface area contributed by atoms with Crippen molar-refractivity contribution in [3.05, 3.63) is 0 Å². The predicted molar refractivity (Wildman–Crippen MR) is 285 cm³/mol. The van der Waals surface area contributed by atoms with Crippen molar-refractivity contribution in [3.8, 4) is 0 Å². The van der Waals surface area contributed by atoms with E-state index in [2.05, 4.69) is 21.3 Å². The van der Waals surface area contributed by atoms with Crippen molar-refractivity contribution in [2.45, 2.75) is 190 Å². The lowest BCUT2D eigenvalue weighted by atomic mass is 9.96. The highest BCUT2D eigenvalue weighted by molar-refractivity contribution is 7.99. The Kier molecular flexibility index (Phi) is 31.3. The summed E-state index contributed by atoms with van der Waals surface area (Å²) in [7, 11) is 9.15. The fraction of sp³-hybridized carbons (Fsp3) is 0.827. The van der Waals surface area contributed by atoms with E-state index in [0.29, 0.717) is 37.2 Å². The Bertz CT molecular complexity index is 1760. The van der Waals surface area contributed by atoms with Gasteiger partial charge in [-0.1, -0.05) is 76.2 Å². The normalized spacial score (nSPS) is 14.9. The molecule has 0 fully saturated rings. The molecule has 0 heterocycles. The zero-order chi connectivity index (χ0) is 55.9. The number of nitrogens with zero attached hydrogens (tertiary/aromatic N) is 5. The van der Waals surface area contributed by atoms with Crippen molar-refractivity contribution >= 4 is 64.9 Å². The van der Waals surface area contributed by atoms with E-state index < -0.39 is 95.6 Å². The number of aliphatic hydroxyl groups excluding tert-OH is 1.